The molecule has 158 valence electrons. The lowest BCUT2D eigenvalue weighted by Crippen LogP contribution is -2.25. The molecule has 0 aliphatic heterocycles. The summed E-state index contributed by atoms with van der Waals surface area (Å²) in [5.41, 5.74) is 4.42. The van der Waals surface area contributed by atoms with Gasteiger partial charge in [-0.25, -0.2) is 14.5 Å². The second kappa shape index (κ2) is 8.57. The van der Waals surface area contributed by atoms with Crippen LogP contribution in [0, 0.1) is 6.92 Å². The van der Waals surface area contributed by atoms with E-state index in [1.165, 1.54) is 16.9 Å². The molecule has 0 radical (unpaired) electrons. The van der Waals surface area contributed by atoms with Gasteiger partial charge in [0.05, 0.1) is 23.1 Å². The Bertz CT molecular complexity index is 1460. The van der Waals surface area contributed by atoms with E-state index in [4.69, 9.17) is 21.6 Å². The number of aromatic nitrogens is 3. The predicted molar refractivity (Wildman–Crippen MR) is 132 cm³/mol. The normalized spacial score (nSPS) is 11.1. The Kier molecular flexibility index (Phi) is 5.47. The van der Waals surface area contributed by atoms with Crippen LogP contribution in [0.1, 0.15) is 11.4 Å². The summed E-state index contributed by atoms with van der Waals surface area (Å²) in [7, 11) is 0. The fourth-order valence-electron chi connectivity index (χ4n) is 3.47. The van der Waals surface area contributed by atoms with Crippen molar-refractivity contribution in [3.05, 3.63) is 105 Å². The van der Waals surface area contributed by atoms with Crippen LogP contribution in [0.5, 0.6) is 0 Å². The number of hydrogen-bond acceptors (Lipinski definition) is 5. The molecule has 5 aromatic rings. The summed E-state index contributed by atoms with van der Waals surface area (Å²) in [6.07, 6.45) is 0. The van der Waals surface area contributed by atoms with Gasteiger partial charge in [-0.15, -0.1) is 11.3 Å². The molecule has 0 spiro atoms. The largest absolute Gasteiger partial charge is 0.378 e. The highest BCUT2D eigenvalue weighted by Gasteiger charge is 2.16. The molecule has 5 nitrogen and oxygen atoms in total. The van der Waals surface area contributed by atoms with Crippen molar-refractivity contribution in [3.63, 3.8) is 0 Å². The quantitative estimate of drug-likeness (QED) is 0.346. The second-order valence-electron chi connectivity index (χ2n) is 7.43. The van der Waals surface area contributed by atoms with Crippen LogP contribution in [-0.4, -0.2) is 14.5 Å². The maximum atomic E-state index is 13.4. The third kappa shape index (κ3) is 4.02. The summed E-state index contributed by atoms with van der Waals surface area (Å²) in [5.74, 6) is 0.603. The summed E-state index contributed by atoms with van der Waals surface area (Å²) < 4.78 is 1.60. The number of para-hydroxylation sites is 1. The van der Waals surface area contributed by atoms with Gasteiger partial charge in [-0.1, -0.05) is 53.6 Å². The van der Waals surface area contributed by atoms with Gasteiger partial charge in [0.2, 0.25) is 0 Å². The third-order valence-electron chi connectivity index (χ3n) is 5.17. The van der Waals surface area contributed by atoms with Gasteiger partial charge in [-0.05, 0) is 43.3 Å². The number of aryl methyl sites for hydroxylation is 1. The Balaban J connectivity index is 1.58. The predicted octanol–water partition coefficient (Wildman–Crippen LogP) is 6.08. The van der Waals surface area contributed by atoms with Gasteiger partial charge >= 0.3 is 0 Å². The first-order valence-corrected chi connectivity index (χ1v) is 11.4. The van der Waals surface area contributed by atoms with Gasteiger partial charge in [-0.3, -0.25) is 4.79 Å². The van der Waals surface area contributed by atoms with Crippen molar-refractivity contribution >= 4 is 39.5 Å². The highest BCUT2D eigenvalue weighted by Crippen LogP contribution is 2.26. The summed E-state index contributed by atoms with van der Waals surface area (Å²) in [6.45, 7) is 2.44. The van der Waals surface area contributed by atoms with E-state index in [1.54, 1.807) is 10.6 Å². The number of thiazole rings is 1. The molecule has 0 saturated carbocycles. The number of halogens is 1. The van der Waals surface area contributed by atoms with E-state index in [1.807, 2.05) is 79.0 Å². The molecule has 0 fully saturated rings. The maximum Gasteiger partial charge on any atom is 0.267 e. The van der Waals surface area contributed by atoms with E-state index < -0.39 is 0 Å². The van der Waals surface area contributed by atoms with Crippen molar-refractivity contribution in [2.45, 2.75) is 13.5 Å². The van der Waals surface area contributed by atoms with Crippen LogP contribution in [0.2, 0.25) is 5.02 Å². The number of hydrogen-bond donors (Lipinski definition) is 1. The van der Waals surface area contributed by atoms with E-state index in [0.29, 0.717) is 33.4 Å². The second-order valence-corrected chi connectivity index (χ2v) is 8.70. The van der Waals surface area contributed by atoms with Crippen LogP contribution in [0.15, 0.2) is 83.0 Å². The number of nitrogens with zero attached hydrogens (tertiary/aromatic N) is 3. The number of nitrogens with one attached hydrogen (secondary N) is 1. The fourth-order valence-corrected chi connectivity index (χ4v) is 4.44. The molecule has 1 N–H and O–H groups in total. The maximum absolute atomic E-state index is 13.4. The minimum Gasteiger partial charge on any atom is -0.378 e. The first-order valence-electron chi connectivity index (χ1n) is 10.1. The van der Waals surface area contributed by atoms with Gasteiger partial charge in [0.1, 0.15) is 5.82 Å². The third-order valence-corrected chi connectivity index (χ3v) is 6.25. The summed E-state index contributed by atoms with van der Waals surface area (Å²) in [5, 5.41) is 7.13. The van der Waals surface area contributed by atoms with E-state index in [-0.39, 0.29) is 5.56 Å². The molecule has 0 aliphatic rings. The number of rotatable bonds is 5. The first-order chi connectivity index (χ1) is 15.6. The van der Waals surface area contributed by atoms with Crippen LogP contribution in [0.3, 0.4) is 0 Å². The standard InChI is InChI=1S/C25H19ClN4OS/c1-16-6-12-19(13-7-16)27-14-23-28-21-5-3-2-4-20(21)24(31)30(23)25-29-22(15-32-25)17-8-10-18(26)11-9-17/h2-13,15,27H,14H2,1H3. The SMILES string of the molecule is Cc1ccc(NCc2nc3ccccc3c(=O)n2-c2nc(-c3ccc(Cl)cc3)cs2)cc1. The molecular formula is C25H19ClN4OS. The van der Waals surface area contributed by atoms with Crippen LogP contribution in [0.25, 0.3) is 27.3 Å². The molecule has 0 bridgehead atoms. The Morgan fingerprint density at radius 1 is 0.969 bits per heavy atom. The van der Waals surface area contributed by atoms with Crippen molar-refractivity contribution in [3.8, 4) is 16.4 Å². The van der Waals surface area contributed by atoms with E-state index in [0.717, 1.165) is 16.9 Å². The minimum absolute atomic E-state index is 0.131. The molecular weight excluding hydrogens is 440 g/mol. The summed E-state index contributed by atoms with van der Waals surface area (Å²) in [6, 6.07) is 23.0. The average molecular weight is 459 g/mol. The number of anilines is 1. The van der Waals surface area contributed by atoms with Crippen LogP contribution >= 0.6 is 22.9 Å². The smallest absolute Gasteiger partial charge is 0.267 e. The van der Waals surface area contributed by atoms with Gasteiger partial charge in [0.15, 0.2) is 5.13 Å². The molecule has 2 heterocycles. The molecule has 32 heavy (non-hydrogen) atoms. The number of benzene rings is 3. The van der Waals surface area contributed by atoms with Gasteiger partial charge in [0, 0.05) is 21.7 Å². The Morgan fingerprint density at radius 3 is 2.50 bits per heavy atom. The Morgan fingerprint density at radius 2 is 1.72 bits per heavy atom. The summed E-state index contributed by atoms with van der Waals surface area (Å²) in [4.78, 5) is 23.0. The topological polar surface area (TPSA) is 59.8 Å². The minimum atomic E-state index is -0.131. The van der Waals surface area contributed by atoms with Crippen LogP contribution in [0.4, 0.5) is 5.69 Å². The van der Waals surface area contributed by atoms with Crippen molar-refractivity contribution in [1.82, 2.24) is 14.5 Å². The zero-order valence-corrected chi connectivity index (χ0v) is 18.8. The van der Waals surface area contributed by atoms with Gasteiger partial charge < -0.3 is 5.32 Å². The van der Waals surface area contributed by atoms with Crippen LogP contribution < -0.4 is 10.9 Å². The van der Waals surface area contributed by atoms with Gasteiger partial charge in [0.25, 0.3) is 5.56 Å². The highest BCUT2D eigenvalue weighted by atomic mass is 35.5. The van der Waals surface area contributed by atoms with E-state index >= 15 is 0 Å². The van der Waals surface area contributed by atoms with E-state index in [9.17, 15) is 4.79 Å². The average Bonchev–Trinajstić information content (AvgIpc) is 3.29. The first kappa shape index (κ1) is 20.4. The zero-order chi connectivity index (χ0) is 22.1. The van der Waals surface area contributed by atoms with Crippen LogP contribution in [-0.2, 0) is 6.54 Å². The lowest BCUT2D eigenvalue weighted by molar-refractivity contribution is 0.833. The molecule has 0 amide bonds. The van der Waals surface area contributed by atoms with Crippen molar-refractivity contribution in [2.75, 3.05) is 5.32 Å². The van der Waals surface area contributed by atoms with Crippen molar-refractivity contribution < 1.29 is 0 Å². The number of fused-ring (bicyclic) bond motifs is 1. The van der Waals surface area contributed by atoms with Crippen molar-refractivity contribution in [1.29, 1.82) is 0 Å². The molecule has 0 saturated heterocycles. The molecule has 7 heteroatoms. The highest BCUT2D eigenvalue weighted by molar-refractivity contribution is 7.12. The zero-order valence-electron chi connectivity index (χ0n) is 17.2. The Labute approximate surface area is 194 Å². The fraction of sp³-hybridized carbons (Fsp3) is 0.0800. The summed E-state index contributed by atoms with van der Waals surface area (Å²) >= 11 is 7.43. The molecule has 0 atom stereocenters. The lowest BCUT2D eigenvalue weighted by atomic mass is 10.2. The molecule has 0 unspecified atom stereocenters. The van der Waals surface area contributed by atoms with E-state index in [2.05, 4.69) is 5.32 Å². The monoisotopic (exact) mass is 458 g/mol. The van der Waals surface area contributed by atoms with Crippen molar-refractivity contribution in [2.24, 2.45) is 0 Å². The molecule has 5 rings (SSSR count). The van der Waals surface area contributed by atoms with Gasteiger partial charge in [-0.2, -0.15) is 0 Å². The molecule has 0 aliphatic carbocycles. The Hall–Kier alpha value is -3.48. The molecule has 3 aromatic carbocycles. The molecule has 2 aromatic heterocycles. The lowest BCUT2D eigenvalue weighted by Gasteiger charge is -2.13.